The molecule has 1 N–H and O–H groups in total. The fourth-order valence-electron chi connectivity index (χ4n) is 2.82. The van der Waals surface area contributed by atoms with E-state index in [9.17, 15) is 23.2 Å². The molecule has 27 heavy (non-hydrogen) atoms. The summed E-state index contributed by atoms with van der Waals surface area (Å²) >= 11 is 0. The van der Waals surface area contributed by atoms with Crippen LogP contribution in [0.4, 0.5) is 20.2 Å². The van der Waals surface area contributed by atoms with E-state index in [0.29, 0.717) is 5.69 Å². The van der Waals surface area contributed by atoms with Crippen LogP contribution in [-0.4, -0.2) is 42.3 Å². The van der Waals surface area contributed by atoms with Crippen molar-refractivity contribution in [3.8, 4) is 0 Å². The fraction of sp³-hybridized carbons (Fsp3) is 0.211. The number of benzene rings is 2. The first-order valence-corrected chi connectivity index (χ1v) is 8.27. The minimum atomic E-state index is -1.10. The van der Waals surface area contributed by atoms with Gasteiger partial charge in [0.1, 0.15) is 6.54 Å². The molecule has 140 valence electrons. The van der Waals surface area contributed by atoms with E-state index in [4.69, 9.17) is 0 Å². The molecule has 0 unspecified atom stereocenters. The lowest BCUT2D eigenvalue weighted by Gasteiger charge is -2.33. The molecule has 1 aliphatic rings. The minimum absolute atomic E-state index is 0.0768. The second kappa shape index (κ2) is 7.53. The SMILES string of the molecule is Cc1cccc(NC(=O)CN2CCN(c3ccc(F)c(F)c3)C(=O)C2=O)c1. The minimum Gasteiger partial charge on any atom is -0.325 e. The highest BCUT2D eigenvalue weighted by molar-refractivity contribution is 6.41. The van der Waals surface area contributed by atoms with Gasteiger partial charge in [-0.1, -0.05) is 12.1 Å². The number of nitrogens with zero attached hydrogens (tertiary/aromatic N) is 2. The van der Waals surface area contributed by atoms with Gasteiger partial charge in [0.25, 0.3) is 0 Å². The molecule has 0 spiro atoms. The van der Waals surface area contributed by atoms with Crippen molar-refractivity contribution in [3.63, 3.8) is 0 Å². The van der Waals surface area contributed by atoms with E-state index in [0.717, 1.165) is 27.5 Å². The van der Waals surface area contributed by atoms with Crippen LogP contribution in [0.3, 0.4) is 0 Å². The lowest BCUT2D eigenvalue weighted by molar-refractivity contribution is -0.147. The lowest BCUT2D eigenvalue weighted by atomic mass is 10.2. The molecule has 1 aliphatic heterocycles. The Bertz CT molecular complexity index is 917. The van der Waals surface area contributed by atoms with E-state index in [-0.39, 0.29) is 25.3 Å². The summed E-state index contributed by atoms with van der Waals surface area (Å²) in [5.74, 6) is -4.33. The topological polar surface area (TPSA) is 69.7 Å². The standard InChI is InChI=1S/C19H17F2N3O3/c1-12-3-2-4-13(9-12)22-17(25)11-23-7-8-24(19(27)18(23)26)14-5-6-15(20)16(21)10-14/h2-6,9-10H,7-8,11H2,1H3,(H,22,25). The quantitative estimate of drug-likeness (QED) is 0.835. The summed E-state index contributed by atoms with van der Waals surface area (Å²) in [6, 6.07) is 10.2. The van der Waals surface area contributed by atoms with Crippen molar-refractivity contribution >= 4 is 29.1 Å². The van der Waals surface area contributed by atoms with Gasteiger partial charge in [-0.2, -0.15) is 0 Å². The van der Waals surface area contributed by atoms with Gasteiger partial charge in [-0.15, -0.1) is 0 Å². The summed E-state index contributed by atoms with van der Waals surface area (Å²) in [6.07, 6.45) is 0. The molecule has 0 saturated carbocycles. The maximum atomic E-state index is 13.4. The Labute approximate surface area is 154 Å². The molecule has 2 aromatic rings. The predicted molar refractivity (Wildman–Crippen MR) is 95.1 cm³/mol. The first-order chi connectivity index (χ1) is 12.8. The Balaban J connectivity index is 1.65. The van der Waals surface area contributed by atoms with Gasteiger partial charge >= 0.3 is 11.8 Å². The van der Waals surface area contributed by atoms with Crippen molar-refractivity contribution in [3.05, 3.63) is 59.7 Å². The zero-order valence-corrected chi connectivity index (χ0v) is 14.5. The average molecular weight is 373 g/mol. The van der Waals surface area contributed by atoms with E-state index in [2.05, 4.69) is 5.32 Å². The van der Waals surface area contributed by atoms with E-state index in [1.807, 2.05) is 13.0 Å². The smallest absolute Gasteiger partial charge is 0.316 e. The van der Waals surface area contributed by atoms with Crippen molar-refractivity contribution in [1.29, 1.82) is 0 Å². The number of halogens is 2. The summed E-state index contributed by atoms with van der Waals surface area (Å²) in [5.41, 5.74) is 1.66. The lowest BCUT2D eigenvalue weighted by Crippen LogP contribution is -2.56. The number of piperazine rings is 1. The molecule has 1 heterocycles. The van der Waals surface area contributed by atoms with Gasteiger partial charge in [0.15, 0.2) is 11.6 Å². The van der Waals surface area contributed by atoms with Gasteiger partial charge < -0.3 is 15.1 Å². The number of anilines is 2. The first kappa shape index (κ1) is 18.5. The monoisotopic (exact) mass is 373 g/mol. The highest BCUT2D eigenvalue weighted by Gasteiger charge is 2.34. The Morgan fingerprint density at radius 2 is 1.81 bits per heavy atom. The zero-order valence-electron chi connectivity index (χ0n) is 14.5. The third-order valence-corrected chi connectivity index (χ3v) is 4.16. The van der Waals surface area contributed by atoms with E-state index >= 15 is 0 Å². The van der Waals surface area contributed by atoms with Crippen LogP contribution in [0.1, 0.15) is 5.56 Å². The Hall–Kier alpha value is -3.29. The number of aryl methyl sites for hydroxylation is 1. The van der Waals surface area contributed by atoms with Crippen molar-refractivity contribution in [2.75, 3.05) is 29.9 Å². The van der Waals surface area contributed by atoms with Gasteiger partial charge in [-0.25, -0.2) is 8.78 Å². The zero-order chi connectivity index (χ0) is 19.6. The molecule has 2 aromatic carbocycles. The molecule has 1 saturated heterocycles. The van der Waals surface area contributed by atoms with Crippen molar-refractivity contribution in [2.24, 2.45) is 0 Å². The maximum Gasteiger partial charge on any atom is 0.316 e. The molecular weight excluding hydrogens is 356 g/mol. The number of hydrogen-bond donors (Lipinski definition) is 1. The molecule has 0 radical (unpaired) electrons. The van der Waals surface area contributed by atoms with E-state index < -0.39 is 29.4 Å². The van der Waals surface area contributed by atoms with Gasteiger partial charge in [0.2, 0.25) is 5.91 Å². The van der Waals surface area contributed by atoms with E-state index in [1.165, 1.54) is 6.07 Å². The predicted octanol–water partition coefficient (Wildman–Crippen LogP) is 2.09. The summed E-state index contributed by atoms with van der Waals surface area (Å²) < 4.78 is 26.4. The highest BCUT2D eigenvalue weighted by atomic mass is 19.2. The van der Waals surface area contributed by atoms with Crippen LogP contribution in [0.2, 0.25) is 0 Å². The molecule has 8 heteroatoms. The number of carbonyl (C=O) groups is 3. The van der Waals surface area contributed by atoms with Crippen LogP contribution in [0.25, 0.3) is 0 Å². The molecule has 1 fully saturated rings. The third-order valence-electron chi connectivity index (χ3n) is 4.16. The molecule has 0 bridgehead atoms. The Morgan fingerprint density at radius 3 is 2.52 bits per heavy atom. The average Bonchev–Trinajstić information content (AvgIpc) is 2.62. The second-order valence-corrected chi connectivity index (χ2v) is 6.20. The first-order valence-electron chi connectivity index (χ1n) is 8.27. The van der Waals surface area contributed by atoms with Gasteiger partial charge in [0.05, 0.1) is 0 Å². The second-order valence-electron chi connectivity index (χ2n) is 6.20. The van der Waals surface area contributed by atoms with Crippen LogP contribution in [-0.2, 0) is 14.4 Å². The molecule has 0 aliphatic carbocycles. The van der Waals surface area contributed by atoms with Crippen LogP contribution in [0, 0.1) is 18.6 Å². The maximum absolute atomic E-state index is 13.4. The molecule has 6 nitrogen and oxygen atoms in total. The molecular formula is C19H17F2N3O3. The summed E-state index contributed by atoms with van der Waals surface area (Å²) in [4.78, 5) is 38.9. The number of hydrogen-bond acceptors (Lipinski definition) is 3. The summed E-state index contributed by atoms with van der Waals surface area (Å²) in [5, 5.41) is 2.67. The largest absolute Gasteiger partial charge is 0.325 e. The summed E-state index contributed by atoms with van der Waals surface area (Å²) in [6.45, 7) is 1.79. The van der Waals surface area contributed by atoms with E-state index in [1.54, 1.807) is 18.2 Å². The van der Waals surface area contributed by atoms with Crippen LogP contribution < -0.4 is 10.2 Å². The van der Waals surface area contributed by atoms with Gasteiger partial charge in [-0.05, 0) is 36.8 Å². The molecule has 3 rings (SSSR count). The number of nitrogens with one attached hydrogen (secondary N) is 1. The molecule has 0 aromatic heterocycles. The highest BCUT2D eigenvalue weighted by Crippen LogP contribution is 2.20. The van der Waals surface area contributed by atoms with Crippen LogP contribution >= 0.6 is 0 Å². The van der Waals surface area contributed by atoms with Crippen LogP contribution in [0.5, 0.6) is 0 Å². The van der Waals surface area contributed by atoms with Crippen molar-refractivity contribution in [2.45, 2.75) is 6.92 Å². The van der Waals surface area contributed by atoms with Gasteiger partial charge in [0, 0.05) is 30.5 Å². The van der Waals surface area contributed by atoms with Gasteiger partial charge in [-0.3, -0.25) is 14.4 Å². The van der Waals surface area contributed by atoms with Crippen molar-refractivity contribution in [1.82, 2.24) is 4.90 Å². The van der Waals surface area contributed by atoms with Crippen LogP contribution in [0.15, 0.2) is 42.5 Å². The number of carbonyl (C=O) groups excluding carboxylic acids is 3. The molecule has 0 atom stereocenters. The third kappa shape index (κ3) is 4.11. The fourth-order valence-corrected chi connectivity index (χ4v) is 2.82. The Morgan fingerprint density at radius 1 is 1.04 bits per heavy atom. The van der Waals surface area contributed by atoms with Crippen molar-refractivity contribution < 1.29 is 23.2 Å². The molecule has 3 amide bonds. The Kier molecular flexibility index (Phi) is 5.16. The summed E-state index contributed by atoms with van der Waals surface area (Å²) in [7, 11) is 0. The number of amides is 3. The number of rotatable bonds is 4. The normalized spacial score (nSPS) is 14.5.